The monoisotopic (exact) mass is 466 g/mol. The van der Waals surface area contributed by atoms with Crippen molar-refractivity contribution in [2.45, 2.75) is 48.0 Å². The highest BCUT2D eigenvalue weighted by Gasteiger charge is 2.16. The molecular weight excluding hydrogens is 432 g/mol. The van der Waals surface area contributed by atoms with Gasteiger partial charge in [0.05, 0.1) is 6.20 Å². The van der Waals surface area contributed by atoms with E-state index in [1.54, 1.807) is 0 Å². The van der Waals surface area contributed by atoms with Crippen LogP contribution >= 0.6 is 0 Å². The van der Waals surface area contributed by atoms with Gasteiger partial charge in [-0.3, -0.25) is 10.1 Å². The van der Waals surface area contributed by atoms with Crippen molar-refractivity contribution in [3.63, 3.8) is 0 Å². The Morgan fingerprint density at radius 1 is 1.00 bits per heavy atom. The van der Waals surface area contributed by atoms with Crippen LogP contribution in [0, 0.1) is 20.8 Å². The average Bonchev–Trinajstić information content (AvgIpc) is 3.27. The van der Waals surface area contributed by atoms with Crippen LogP contribution in [0.4, 0.5) is 23.6 Å². The Kier molecular flexibility index (Phi) is 8.53. The molecule has 0 unspecified atom stereocenters. The molecular formula is C24H34N8O2. The third-order valence-corrected chi connectivity index (χ3v) is 5.47. The van der Waals surface area contributed by atoms with Gasteiger partial charge in [-0.05, 0) is 45.0 Å². The van der Waals surface area contributed by atoms with Gasteiger partial charge in [0.1, 0.15) is 5.82 Å². The lowest BCUT2D eigenvalue weighted by Crippen LogP contribution is -2.29. The fourth-order valence-corrected chi connectivity index (χ4v) is 3.66. The quantitative estimate of drug-likeness (QED) is 0.383. The Morgan fingerprint density at radius 2 is 1.68 bits per heavy atom. The van der Waals surface area contributed by atoms with Crippen LogP contribution in [0.25, 0.3) is 0 Å². The minimum atomic E-state index is -0.376. The summed E-state index contributed by atoms with van der Waals surface area (Å²) in [5.74, 6) is 1.13. The molecule has 10 nitrogen and oxygen atoms in total. The molecule has 0 fully saturated rings. The predicted octanol–water partition coefficient (Wildman–Crippen LogP) is 4.10. The molecule has 3 N–H and O–H groups in total. The van der Waals surface area contributed by atoms with Crippen molar-refractivity contribution in [1.82, 2.24) is 24.8 Å². The summed E-state index contributed by atoms with van der Waals surface area (Å²) < 4.78 is 5.62. The van der Waals surface area contributed by atoms with Gasteiger partial charge in [-0.25, -0.2) is 4.98 Å². The number of carbonyl (C=O) groups excluding carboxylic acids is 1. The second-order valence-corrected chi connectivity index (χ2v) is 8.09. The summed E-state index contributed by atoms with van der Waals surface area (Å²) >= 11 is 0. The molecule has 2 heterocycles. The van der Waals surface area contributed by atoms with Crippen LogP contribution in [0.2, 0.25) is 0 Å². The summed E-state index contributed by atoms with van der Waals surface area (Å²) in [7, 11) is 0. The number of benzene rings is 1. The maximum atomic E-state index is 12.7. The summed E-state index contributed by atoms with van der Waals surface area (Å²) in [5, 5.41) is 9.10. The van der Waals surface area contributed by atoms with Crippen molar-refractivity contribution < 1.29 is 9.21 Å². The highest BCUT2D eigenvalue weighted by atomic mass is 16.4. The highest BCUT2D eigenvalue weighted by Crippen LogP contribution is 2.23. The Morgan fingerprint density at radius 3 is 2.32 bits per heavy atom. The smallest absolute Gasteiger partial charge is 0.302 e. The number of aromatic nitrogens is 4. The lowest BCUT2D eigenvalue weighted by atomic mass is 10.1. The maximum absolute atomic E-state index is 12.7. The van der Waals surface area contributed by atoms with Crippen molar-refractivity contribution in [3.8, 4) is 0 Å². The van der Waals surface area contributed by atoms with E-state index in [0.29, 0.717) is 24.1 Å². The van der Waals surface area contributed by atoms with Crippen molar-refractivity contribution in [2.75, 3.05) is 42.1 Å². The van der Waals surface area contributed by atoms with Gasteiger partial charge in [0.15, 0.2) is 0 Å². The molecule has 10 heteroatoms. The molecule has 0 bridgehead atoms. The number of aryl methyl sites for hydroxylation is 4. The number of hydrogen-bond donors (Lipinski definition) is 3. The first kappa shape index (κ1) is 25.1. The second-order valence-electron chi connectivity index (χ2n) is 8.09. The number of hydrogen-bond acceptors (Lipinski definition) is 9. The normalized spacial score (nSPS) is 11.0. The van der Waals surface area contributed by atoms with E-state index in [1.165, 1.54) is 6.20 Å². The van der Waals surface area contributed by atoms with Crippen LogP contribution < -0.4 is 16.0 Å². The first-order chi connectivity index (χ1) is 16.3. The molecule has 0 aliphatic heterocycles. The molecule has 0 radical (unpaired) electrons. The van der Waals surface area contributed by atoms with E-state index in [1.807, 2.05) is 39.8 Å². The van der Waals surface area contributed by atoms with Gasteiger partial charge in [-0.15, -0.1) is 0 Å². The fourth-order valence-electron chi connectivity index (χ4n) is 3.66. The molecule has 3 aromatic rings. The number of likely N-dealkylation sites (N-methyl/N-ethyl adjacent to an activating group) is 1. The lowest BCUT2D eigenvalue weighted by molar-refractivity contribution is 0.0997. The Balaban J connectivity index is 1.68. The van der Waals surface area contributed by atoms with E-state index >= 15 is 0 Å². The molecule has 0 atom stereocenters. The predicted molar refractivity (Wildman–Crippen MR) is 134 cm³/mol. The van der Waals surface area contributed by atoms with Crippen LogP contribution in [0.3, 0.4) is 0 Å². The first-order valence-corrected chi connectivity index (χ1v) is 11.7. The van der Waals surface area contributed by atoms with Gasteiger partial charge in [-0.2, -0.15) is 15.0 Å². The molecule has 0 saturated heterocycles. The number of carbonyl (C=O) groups is 1. The van der Waals surface area contributed by atoms with Crippen LogP contribution in [0.1, 0.15) is 53.8 Å². The zero-order valence-corrected chi connectivity index (χ0v) is 20.8. The zero-order chi connectivity index (χ0) is 24.7. The molecule has 1 aromatic carbocycles. The van der Waals surface area contributed by atoms with Crippen LogP contribution in [-0.4, -0.2) is 56.9 Å². The van der Waals surface area contributed by atoms with Crippen molar-refractivity contribution in [2.24, 2.45) is 0 Å². The number of rotatable bonds is 11. The van der Waals surface area contributed by atoms with Crippen molar-refractivity contribution >= 4 is 29.5 Å². The summed E-state index contributed by atoms with van der Waals surface area (Å²) in [6.07, 6.45) is 2.03. The van der Waals surface area contributed by atoms with E-state index in [4.69, 9.17) is 4.42 Å². The highest BCUT2D eigenvalue weighted by molar-refractivity contribution is 6.03. The summed E-state index contributed by atoms with van der Waals surface area (Å²) in [6, 6.07) is 4.18. The minimum Gasteiger partial charge on any atom is -0.418 e. The average molecular weight is 467 g/mol. The largest absolute Gasteiger partial charge is 0.418 e. The van der Waals surface area contributed by atoms with E-state index < -0.39 is 0 Å². The topological polar surface area (TPSA) is 121 Å². The summed E-state index contributed by atoms with van der Waals surface area (Å²) in [6.45, 7) is 15.8. The third-order valence-electron chi connectivity index (χ3n) is 5.47. The molecule has 0 aliphatic rings. The first-order valence-electron chi connectivity index (χ1n) is 11.7. The standard InChI is InChI=1S/C24H34N8O2/c1-7-19-27-22(25-10-11-32(8-2)9-3)30-23(28-19)31-24-26-14-18(34-24)21(33)29-20-16(5)12-15(4)13-17(20)6/h12-14H,7-11H2,1-6H3,(H,29,33)(H2,25,26,27,28,30,31). The van der Waals surface area contributed by atoms with Gasteiger partial charge < -0.3 is 20.0 Å². The Labute approximate surface area is 200 Å². The summed E-state index contributed by atoms with van der Waals surface area (Å²) in [4.78, 5) is 32.4. The molecule has 3 rings (SSSR count). The van der Waals surface area contributed by atoms with Gasteiger partial charge in [-0.1, -0.05) is 38.5 Å². The minimum absolute atomic E-state index is 0.0872. The summed E-state index contributed by atoms with van der Waals surface area (Å²) in [5.41, 5.74) is 3.89. The Bertz CT molecular complexity index is 1100. The van der Waals surface area contributed by atoms with Gasteiger partial charge in [0.25, 0.3) is 5.91 Å². The molecule has 0 spiro atoms. The zero-order valence-electron chi connectivity index (χ0n) is 20.8. The van der Waals surface area contributed by atoms with Crippen LogP contribution in [0.15, 0.2) is 22.7 Å². The lowest BCUT2D eigenvalue weighted by Gasteiger charge is -2.18. The van der Waals surface area contributed by atoms with Gasteiger partial charge >= 0.3 is 6.01 Å². The number of oxazole rings is 1. The molecule has 0 saturated carbocycles. The van der Waals surface area contributed by atoms with E-state index in [2.05, 4.69) is 54.6 Å². The number of nitrogens with zero attached hydrogens (tertiary/aromatic N) is 5. The van der Waals surface area contributed by atoms with E-state index in [-0.39, 0.29) is 17.7 Å². The molecule has 34 heavy (non-hydrogen) atoms. The third kappa shape index (κ3) is 6.50. The molecule has 1 amide bonds. The molecule has 0 aliphatic carbocycles. The van der Waals surface area contributed by atoms with Crippen molar-refractivity contribution in [1.29, 1.82) is 0 Å². The Hall–Kier alpha value is -3.53. The maximum Gasteiger partial charge on any atom is 0.302 e. The van der Waals surface area contributed by atoms with Gasteiger partial charge in [0, 0.05) is 25.2 Å². The van der Waals surface area contributed by atoms with Crippen LogP contribution in [-0.2, 0) is 6.42 Å². The number of amides is 1. The van der Waals surface area contributed by atoms with Crippen molar-refractivity contribution in [3.05, 3.63) is 46.6 Å². The van der Waals surface area contributed by atoms with Gasteiger partial charge in [0.2, 0.25) is 17.7 Å². The fraction of sp³-hybridized carbons (Fsp3) is 0.458. The SMILES string of the molecule is CCc1nc(NCCN(CC)CC)nc(Nc2ncc(C(=O)Nc3c(C)cc(C)cc3C)o2)n1. The number of nitrogens with one attached hydrogen (secondary N) is 3. The molecule has 2 aromatic heterocycles. The van der Waals surface area contributed by atoms with Crippen LogP contribution in [0.5, 0.6) is 0 Å². The second kappa shape index (κ2) is 11.6. The van der Waals surface area contributed by atoms with E-state index in [0.717, 1.165) is 48.6 Å². The van der Waals surface area contributed by atoms with E-state index in [9.17, 15) is 4.79 Å². The number of anilines is 4. The molecule has 182 valence electrons.